The van der Waals surface area contributed by atoms with Gasteiger partial charge < -0.3 is 9.84 Å². The molecule has 0 bridgehead atoms. The fourth-order valence-electron chi connectivity index (χ4n) is 1.53. The normalized spacial score (nSPS) is 16.2. The lowest BCUT2D eigenvalue weighted by molar-refractivity contribution is 0.279. The van der Waals surface area contributed by atoms with Gasteiger partial charge in [-0.3, -0.25) is 5.32 Å². The Morgan fingerprint density at radius 1 is 1.41 bits per heavy atom. The number of nitrogens with one attached hydrogen (secondary N) is 1. The number of benzene rings is 1. The van der Waals surface area contributed by atoms with Crippen LogP contribution in [-0.2, 0) is 6.61 Å². The lowest BCUT2D eigenvalue weighted by Crippen LogP contribution is -2.34. The Bertz CT molecular complexity index is 393. The molecule has 0 saturated heterocycles. The Kier molecular flexibility index (Phi) is 3.97. The van der Waals surface area contributed by atoms with Crippen molar-refractivity contribution in [2.75, 3.05) is 6.61 Å². The second kappa shape index (κ2) is 5.67. The largest absolute Gasteiger partial charge is 0.491 e. The summed E-state index contributed by atoms with van der Waals surface area (Å²) in [5.41, 5.74) is 0.852. The minimum absolute atomic E-state index is 0.0321. The van der Waals surface area contributed by atoms with Crippen molar-refractivity contribution in [1.82, 2.24) is 5.32 Å². The van der Waals surface area contributed by atoms with Gasteiger partial charge in [0.1, 0.15) is 18.4 Å². The molecule has 2 N–H and O–H groups in total. The predicted molar refractivity (Wildman–Crippen MR) is 63.4 cm³/mol. The van der Waals surface area contributed by atoms with Crippen molar-refractivity contribution in [3.8, 4) is 11.8 Å². The van der Waals surface area contributed by atoms with Crippen LogP contribution in [0.4, 0.5) is 0 Å². The first-order chi connectivity index (χ1) is 8.31. The van der Waals surface area contributed by atoms with Crippen LogP contribution in [0.5, 0.6) is 5.75 Å². The monoisotopic (exact) mass is 232 g/mol. The van der Waals surface area contributed by atoms with Crippen LogP contribution in [0.2, 0.25) is 0 Å². The highest BCUT2D eigenvalue weighted by atomic mass is 16.5. The molecule has 1 unspecified atom stereocenters. The Labute approximate surface area is 101 Å². The number of hydrogen-bond acceptors (Lipinski definition) is 4. The zero-order valence-electron chi connectivity index (χ0n) is 9.60. The molecule has 17 heavy (non-hydrogen) atoms. The quantitative estimate of drug-likeness (QED) is 0.773. The van der Waals surface area contributed by atoms with Gasteiger partial charge in [-0.2, -0.15) is 5.26 Å². The summed E-state index contributed by atoms with van der Waals surface area (Å²) in [7, 11) is 0. The third-order valence-electron chi connectivity index (χ3n) is 2.69. The van der Waals surface area contributed by atoms with Crippen LogP contribution in [0, 0.1) is 11.3 Å². The smallest absolute Gasteiger partial charge is 0.130 e. The van der Waals surface area contributed by atoms with E-state index in [1.165, 1.54) is 0 Å². The summed E-state index contributed by atoms with van der Waals surface area (Å²) in [6, 6.07) is 9.67. The van der Waals surface area contributed by atoms with E-state index < -0.39 is 0 Å². The molecule has 4 nitrogen and oxygen atoms in total. The molecular weight excluding hydrogens is 216 g/mol. The minimum atomic E-state index is -0.250. The molecule has 1 fully saturated rings. The van der Waals surface area contributed by atoms with Gasteiger partial charge in [-0.25, -0.2) is 0 Å². The maximum Gasteiger partial charge on any atom is 0.130 e. The molecule has 1 saturated carbocycles. The zero-order valence-corrected chi connectivity index (χ0v) is 9.60. The number of rotatable bonds is 6. The highest BCUT2D eigenvalue weighted by Crippen LogP contribution is 2.19. The number of nitrogens with zero attached hydrogens (tertiary/aromatic N) is 1. The van der Waals surface area contributed by atoms with Crippen molar-refractivity contribution in [2.45, 2.75) is 31.5 Å². The molecule has 0 radical (unpaired) electrons. The Morgan fingerprint density at radius 2 is 2.12 bits per heavy atom. The number of ether oxygens (including phenoxy) is 1. The molecule has 90 valence electrons. The average Bonchev–Trinajstić information content (AvgIpc) is 3.19. The van der Waals surface area contributed by atoms with E-state index in [1.807, 2.05) is 12.1 Å². The molecule has 1 atom stereocenters. The lowest BCUT2D eigenvalue weighted by atomic mass is 10.2. The molecule has 0 spiro atoms. The molecule has 4 heteroatoms. The first kappa shape index (κ1) is 11.9. The van der Waals surface area contributed by atoms with Gasteiger partial charge >= 0.3 is 0 Å². The van der Waals surface area contributed by atoms with Gasteiger partial charge in [0, 0.05) is 6.04 Å². The summed E-state index contributed by atoms with van der Waals surface area (Å²) in [4.78, 5) is 0. The van der Waals surface area contributed by atoms with Crippen LogP contribution in [0.15, 0.2) is 24.3 Å². The highest BCUT2D eigenvalue weighted by molar-refractivity contribution is 5.26. The van der Waals surface area contributed by atoms with Crippen molar-refractivity contribution in [2.24, 2.45) is 0 Å². The van der Waals surface area contributed by atoms with Gasteiger partial charge in [0.2, 0.25) is 0 Å². The molecule has 0 heterocycles. The average molecular weight is 232 g/mol. The third kappa shape index (κ3) is 3.74. The SMILES string of the molecule is N#CC(COc1ccc(CO)cc1)NC1CC1. The fourth-order valence-corrected chi connectivity index (χ4v) is 1.53. The Morgan fingerprint density at radius 3 is 2.65 bits per heavy atom. The number of nitriles is 1. The van der Waals surface area contributed by atoms with Crippen LogP contribution in [-0.4, -0.2) is 23.8 Å². The summed E-state index contributed by atoms with van der Waals surface area (Å²) in [6.07, 6.45) is 2.31. The predicted octanol–water partition coefficient (Wildman–Crippen LogP) is 1.20. The van der Waals surface area contributed by atoms with Crippen molar-refractivity contribution in [3.05, 3.63) is 29.8 Å². The highest BCUT2D eigenvalue weighted by Gasteiger charge is 2.24. The van der Waals surface area contributed by atoms with Crippen LogP contribution in [0.3, 0.4) is 0 Å². The Hall–Kier alpha value is -1.57. The van der Waals surface area contributed by atoms with Gasteiger partial charge in [0.05, 0.1) is 12.7 Å². The first-order valence-corrected chi connectivity index (χ1v) is 5.80. The number of aliphatic hydroxyl groups is 1. The number of hydrogen-bond donors (Lipinski definition) is 2. The number of aliphatic hydroxyl groups excluding tert-OH is 1. The summed E-state index contributed by atoms with van der Waals surface area (Å²) >= 11 is 0. The van der Waals surface area contributed by atoms with E-state index in [9.17, 15) is 0 Å². The van der Waals surface area contributed by atoms with E-state index in [4.69, 9.17) is 15.1 Å². The minimum Gasteiger partial charge on any atom is -0.491 e. The van der Waals surface area contributed by atoms with Crippen molar-refractivity contribution < 1.29 is 9.84 Å². The van der Waals surface area contributed by atoms with Gasteiger partial charge in [0.25, 0.3) is 0 Å². The van der Waals surface area contributed by atoms with E-state index >= 15 is 0 Å². The molecule has 1 aliphatic carbocycles. The maximum atomic E-state index is 8.94. The molecule has 1 aliphatic rings. The second-order valence-corrected chi connectivity index (χ2v) is 4.24. The molecular formula is C13H16N2O2. The van der Waals surface area contributed by atoms with E-state index in [0.29, 0.717) is 12.6 Å². The summed E-state index contributed by atoms with van der Waals surface area (Å²) < 4.78 is 5.52. The van der Waals surface area contributed by atoms with Crippen molar-refractivity contribution >= 4 is 0 Å². The lowest BCUT2D eigenvalue weighted by Gasteiger charge is -2.12. The molecule has 1 aromatic rings. The fraction of sp³-hybridized carbons (Fsp3) is 0.462. The molecule has 0 aromatic heterocycles. The van der Waals surface area contributed by atoms with Gasteiger partial charge in [0.15, 0.2) is 0 Å². The van der Waals surface area contributed by atoms with Crippen molar-refractivity contribution in [1.29, 1.82) is 5.26 Å². The molecule has 1 aromatic carbocycles. The Balaban J connectivity index is 1.80. The summed E-state index contributed by atoms with van der Waals surface area (Å²) in [5.74, 6) is 0.722. The molecule has 0 amide bonds. The molecule has 0 aliphatic heterocycles. The van der Waals surface area contributed by atoms with E-state index in [1.54, 1.807) is 12.1 Å². The van der Waals surface area contributed by atoms with Gasteiger partial charge in [-0.15, -0.1) is 0 Å². The summed E-state index contributed by atoms with van der Waals surface area (Å²) in [5, 5.41) is 21.0. The van der Waals surface area contributed by atoms with Gasteiger partial charge in [-0.1, -0.05) is 12.1 Å². The van der Waals surface area contributed by atoms with E-state index in [0.717, 1.165) is 24.2 Å². The topological polar surface area (TPSA) is 65.3 Å². The third-order valence-corrected chi connectivity index (χ3v) is 2.69. The van der Waals surface area contributed by atoms with Gasteiger partial charge in [-0.05, 0) is 30.5 Å². The second-order valence-electron chi connectivity index (χ2n) is 4.24. The first-order valence-electron chi connectivity index (χ1n) is 5.80. The summed E-state index contributed by atoms with van der Waals surface area (Å²) in [6.45, 7) is 0.385. The van der Waals surface area contributed by atoms with Crippen LogP contribution >= 0.6 is 0 Å². The van der Waals surface area contributed by atoms with Crippen LogP contribution in [0.25, 0.3) is 0 Å². The van der Waals surface area contributed by atoms with Crippen LogP contribution < -0.4 is 10.1 Å². The maximum absolute atomic E-state index is 8.94. The van der Waals surface area contributed by atoms with E-state index in [-0.39, 0.29) is 12.6 Å². The van der Waals surface area contributed by atoms with Crippen LogP contribution in [0.1, 0.15) is 18.4 Å². The van der Waals surface area contributed by atoms with E-state index in [2.05, 4.69) is 11.4 Å². The standard InChI is InChI=1S/C13H16N2O2/c14-7-12(15-11-3-4-11)9-17-13-5-1-10(8-16)2-6-13/h1-2,5-6,11-12,15-16H,3-4,8-9H2. The van der Waals surface area contributed by atoms with Crippen molar-refractivity contribution in [3.63, 3.8) is 0 Å². The zero-order chi connectivity index (χ0) is 12.1. The molecule has 2 rings (SSSR count).